The van der Waals surface area contributed by atoms with Gasteiger partial charge in [-0.1, -0.05) is 43.7 Å². The molecule has 3 nitrogen and oxygen atoms in total. The molecule has 0 amide bonds. The second-order valence-electron chi connectivity index (χ2n) is 5.69. The standard InChI is InChI=1S/C15H25NO2S/c1-11(2)9-10-19(17,18)13(4)15(16)14-7-5-12(3)6-8-14/h5-8,11,13,15H,9-10,16H2,1-4H3. The molecule has 0 heterocycles. The smallest absolute Gasteiger partial charge is 0.154 e. The Morgan fingerprint density at radius 2 is 1.63 bits per heavy atom. The Bertz CT molecular complexity index is 491. The number of rotatable bonds is 6. The number of hydrogen-bond donors (Lipinski definition) is 1. The molecule has 0 aliphatic rings. The minimum atomic E-state index is -3.14. The van der Waals surface area contributed by atoms with E-state index in [4.69, 9.17) is 5.73 Å². The van der Waals surface area contributed by atoms with E-state index >= 15 is 0 Å². The second-order valence-corrected chi connectivity index (χ2v) is 8.17. The third kappa shape index (κ3) is 4.62. The SMILES string of the molecule is Cc1ccc(C(N)C(C)S(=O)(=O)CCC(C)C)cc1. The Hall–Kier alpha value is -0.870. The van der Waals surface area contributed by atoms with E-state index in [0.717, 1.165) is 11.1 Å². The minimum absolute atomic E-state index is 0.214. The first-order valence-corrected chi connectivity index (χ1v) is 8.49. The fraction of sp³-hybridized carbons (Fsp3) is 0.600. The quantitative estimate of drug-likeness (QED) is 0.873. The van der Waals surface area contributed by atoms with Crippen LogP contribution >= 0.6 is 0 Å². The molecule has 0 aliphatic heterocycles. The lowest BCUT2D eigenvalue weighted by Gasteiger charge is -2.21. The summed E-state index contributed by atoms with van der Waals surface area (Å²) >= 11 is 0. The van der Waals surface area contributed by atoms with Gasteiger partial charge in [-0.2, -0.15) is 0 Å². The van der Waals surface area contributed by atoms with Crippen molar-refractivity contribution in [3.63, 3.8) is 0 Å². The minimum Gasteiger partial charge on any atom is -0.323 e. The summed E-state index contributed by atoms with van der Waals surface area (Å²) < 4.78 is 24.5. The summed E-state index contributed by atoms with van der Waals surface area (Å²) in [5.74, 6) is 0.600. The van der Waals surface area contributed by atoms with Crippen LogP contribution in [-0.2, 0) is 9.84 Å². The zero-order valence-electron chi connectivity index (χ0n) is 12.3. The molecule has 108 valence electrons. The molecule has 1 aromatic rings. The number of aryl methyl sites for hydroxylation is 1. The van der Waals surface area contributed by atoms with Crippen LogP contribution in [0.4, 0.5) is 0 Å². The van der Waals surface area contributed by atoms with Gasteiger partial charge in [0.25, 0.3) is 0 Å². The van der Waals surface area contributed by atoms with Gasteiger partial charge in [0.2, 0.25) is 0 Å². The summed E-state index contributed by atoms with van der Waals surface area (Å²) in [5.41, 5.74) is 8.13. The van der Waals surface area contributed by atoms with E-state index in [1.54, 1.807) is 6.92 Å². The van der Waals surface area contributed by atoms with Crippen molar-refractivity contribution in [2.24, 2.45) is 11.7 Å². The molecule has 0 saturated heterocycles. The van der Waals surface area contributed by atoms with Gasteiger partial charge in [-0.15, -0.1) is 0 Å². The summed E-state index contributed by atoms with van der Waals surface area (Å²) in [5, 5.41) is -0.547. The second kappa shape index (κ2) is 6.53. The van der Waals surface area contributed by atoms with Crippen molar-refractivity contribution in [2.45, 2.75) is 45.4 Å². The van der Waals surface area contributed by atoms with Gasteiger partial charge < -0.3 is 5.73 Å². The van der Waals surface area contributed by atoms with Crippen LogP contribution in [0.2, 0.25) is 0 Å². The number of hydrogen-bond acceptors (Lipinski definition) is 3. The molecule has 4 heteroatoms. The van der Waals surface area contributed by atoms with Crippen LogP contribution in [0.25, 0.3) is 0 Å². The zero-order chi connectivity index (χ0) is 14.6. The largest absolute Gasteiger partial charge is 0.323 e. The first-order chi connectivity index (χ1) is 8.74. The zero-order valence-corrected chi connectivity index (χ0v) is 13.1. The molecule has 0 aliphatic carbocycles. The predicted molar refractivity (Wildman–Crippen MR) is 80.8 cm³/mol. The number of benzene rings is 1. The Kier molecular flexibility index (Phi) is 5.56. The topological polar surface area (TPSA) is 60.2 Å². The van der Waals surface area contributed by atoms with Crippen LogP contribution in [0.3, 0.4) is 0 Å². The fourth-order valence-electron chi connectivity index (χ4n) is 1.87. The molecule has 2 N–H and O–H groups in total. The van der Waals surface area contributed by atoms with E-state index < -0.39 is 21.1 Å². The van der Waals surface area contributed by atoms with Crippen molar-refractivity contribution >= 4 is 9.84 Å². The summed E-state index contributed by atoms with van der Waals surface area (Å²) in [4.78, 5) is 0. The first kappa shape index (κ1) is 16.2. The monoisotopic (exact) mass is 283 g/mol. The van der Waals surface area contributed by atoms with Crippen LogP contribution in [0, 0.1) is 12.8 Å². The van der Waals surface area contributed by atoms with Crippen molar-refractivity contribution in [1.82, 2.24) is 0 Å². The van der Waals surface area contributed by atoms with E-state index in [9.17, 15) is 8.42 Å². The lowest BCUT2D eigenvalue weighted by molar-refractivity contribution is 0.549. The summed E-state index contributed by atoms with van der Waals surface area (Å²) in [7, 11) is -3.14. The Morgan fingerprint density at radius 1 is 1.11 bits per heavy atom. The predicted octanol–water partition coefficient (Wildman–Crippen LogP) is 2.84. The maximum absolute atomic E-state index is 12.2. The average molecular weight is 283 g/mol. The van der Waals surface area contributed by atoms with Crippen LogP contribution in [0.1, 0.15) is 44.4 Å². The highest BCUT2D eigenvalue weighted by atomic mass is 32.2. The van der Waals surface area contributed by atoms with Crippen molar-refractivity contribution in [1.29, 1.82) is 0 Å². The van der Waals surface area contributed by atoms with Crippen molar-refractivity contribution in [3.8, 4) is 0 Å². The molecule has 0 aromatic heterocycles. The van der Waals surface area contributed by atoms with Gasteiger partial charge in [-0.3, -0.25) is 0 Å². The van der Waals surface area contributed by atoms with E-state index in [-0.39, 0.29) is 5.75 Å². The molecule has 2 atom stereocenters. The highest BCUT2D eigenvalue weighted by molar-refractivity contribution is 7.92. The molecule has 2 unspecified atom stereocenters. The molecule has 1 rings (SSSR count). The molecular weight excluding hydrogens is 258 g/mol. The molecule has 1 aromatic carbocycles. The summed E-state index contributed by atoms with van der Waals surface area (Å²) in [6.45, 7) is 7.76. The third-order valence-electron chi connectivity index (χ3n) is 3.51. The van der Waals surface area contributed by atoms with Crippen LogP contribution in [-0.4, -0.2) is 19.4 Å². The Morgan fingerprint density at radius 3 is 2.11 bits per heavy atom. The van der Waals surface area contributed by atoms with Crippen molar-refractivity contribution in [3.05, 3.63) is 35.4 Å². The van der Waals surface area contributed by atoms with Gasteiger partial charge in [0.1, 0.15) is 0 Å². The van der Waals surface area contributed by atoms with Crippen molar-refractivity contribution < 1.29 is 8.42 Å². The van der Waals surface area contributed by atoms with E-state index in [2.05, 4.69) is 0 Å². The van der Waals surface area contributed by atoms with Gasteiger partial charge in [0.15, 0.2) is 9.84 Å². The molecule has 0 saturated carbocycles. The molecule has 0 spiro atoms. The molecule has 0 fully saturated rings. The highest BCUT2D eigenvalue weighted by Crippen LogP contribution is 2.21. The molecule has 0 bridgehead atoms. The normalized spacial score (nSPS) is 15.5. The van der Waals surface area contributed by atoms with Gasteiger partial charge in [-0.05, 0) is 31.7 Å². The van der Waals surface area contributed by atoms with Gasteiger partial charge in [-0.25, -0.2) is 8.42 Å². The van der Waals surface area contributed by atoms with Crippen molar-refractivity contribution in [2.75, 3.05) is 5.75 Å². The van der Waals surface area contributed by atoms with E-state index in [1.807, 2.05) is 45.0 Å². The van der Waals surface area contributed by atoms with E-state index in [1.165, 1.54) is 0 Å². The molecule has 19 heavy (non-hydrogen) atoms. The molecular formula is C15H25NO2S. The third-order valence-corrected chi connectivity index (χ3v) is 5.75. The van der Waals surface area contributed by atoms with E-state index in [0.29, 0.717) is 12.3 Å². The van der Waals surface area contributed by atoms with Gasteiger partial charge >= 0.3 is 0 Å². The highest BCUT2D eigenvalue weighted by Gasteiger charge is 2.27. The molecule has 0 radical (unpaired) electrons. The number of nitrogens with two attached hydrogens (primary N) is 1. The number of sulfone groups is 1. The van der Waals surface area contributed by atoms with Gasteiger partial charge in [0, 0.05) is 6.04 Å². The Labute approximate surface area is 117 Å². The average Bonchev–Trinajstić information content (AvgIpc) is 2.35. The van der Waals surface area contributed by atoms with Crippen LogP contribution in [0.5, 0.6) is 0 Å². The summed E-state index contributed by atoms with van der Waals surface area (Å²) in [6.07, 6.45) is 0.688. The Balaban J connectivity index is 2.81. The first-order valence-electron chi connectivity index (χ1n) is 6.77. The van der Waals surface area contributed by atoms with Crippen LogP contribution < -0.4 is 5.73 Å². The lowest BCUT2D eigenvalue weighted by Crippen LogP contribution is -2.33. The van der Waals surface area contributed by atoms with Crippen LogP contribution in [0.15, 0.2) is 24.3 Å². The van der Waals surface area contributed by atoms with Gasteiger partial charge in [0.05, 0.1) is 11.0 Å². The maximum atomic E-state index is 12.2. The lowest BCUT2D eigenvalue weighted by atomic mass is 10.0. The summed E-state index contributed by atoms with van der Waals surface area (Å²) in [6, 6.07) is 7.28. The fourth-order valence-corrected chi connectivity index (χ4v) is 3.64. The maximum Gasteiger partial charge on any atom is 0.154 e.